The van der Waals surface area contributed by atoms with Crippen LogP contribution in [0, 0.1) is 0 Å². The summed E-state index contributed by atoms with van der Waals surface area (Å²) < 4.78 is 10.3. The minimum absolute atomic E-state index is 0.00523. The molecule has 4 heteroatoms. The van der Waals surface area contributed by atoms with Gasteiger partial charge in [0.05, 0.1) is 7.11 Å². The molecule has 17 heavy (non-hydrogen) atoms. The van der Waals surface area contributed by atoms with E-state index in [0.717, 1.165) is 0 Å². The van der Waals surface area contributed by atoms with E-state index in [9.17, 15) is 9.59 Å². The normalized spacial score (nSPS) is 16.1. The van der Waals surface area contributed by atoms with Crippen LogP contribution in [-0.4, -0.2) is 24.5 Å². The van der Waals surface area contributed by atoms with Crippen LogP contribution in [0.3, 0.4) is 0 Å². The van der Waals surface area contributed by atoms with Crippen LogP contribution in [0.4, 0.5) is 0 Å². The summed E-state index contributed by atoms with van der Waals surface area (Å²) in [7, 11) is 1.35. The van der Waals surface area contributed by atoms with Gasteiger partial charge in [-0.15, -0.1) is 0 Å². The molecular formula is C13H14O4. The number of Topliss-reactive ketones (excluding diaryl/α,β-unsaturated/α-hetero) is 1. The fourth-order valence-corrected chi connectivity index (χ4v) is 1.63. The maximum Gasteiger partial charge on any atom is 0.350 e. The Morgan fingerprint density at radius 2 is 1.76 bits per heavy atom. The molecule has 0 saturated heterocycles. The lowest BCUT2D eigenvalue weighted by molar-refractivity contribution is -0.151. The molecule has 1 saturated carbocycles. The number of methoxy groups -OCH3 is 1. The van der Waals surface area contributed by atoms with Crippen LogP contribution in [-0.2, 0) is 9.53 Å². The fraction of sp³-hybridized carbons (Fsp3) is 0.385. The van der Waals surface area contributed by atoms with Gasteiger partial charge in [0.2, 0.25) is 5.60 Å². The number of carbonyl (C=O) groups excluding carboxylic acids is 2. The summed E-state index contributed by atoms with van der Waals surface area (Å²) >= 11 is 0. The van der Waals surface area contributed by atoms with Crippen molar-refractivity contribution < 1.29 is 19.1 Å². The lowest BCUT2D eigenvalue weighted by Gasteiger charge is -2.15. The zero-order valence-corrected chi connectivity index (χ0v) is 9.86. The van der Waals surface area contributed by atoms with E-state index in [4.69, 9.17) is 9.47 Å². The van der Waals surface area contributed by atoms with Gasteiger partial charge in [0.25, 0.3) is 0 Å². The fourth-order valence-electron chi connectivity index (χ4n) is 1.63. The van der Waals surface area contributed by atoms with Crippen LogP contribution in [0.15, 0.2) is 24.3 Å². The van der Waals surface area contributed by atoms with E-state index in [1.54, 1.807) is 24.3 Å². The maximum atomic E-state index is 11.5. The van der Waals surface area contributed by atoms with E-state index >= 15 is 0 Å². The van der Waals surface area contributed by atoms with Crippen molar-refractivity contribution >= 4 is 11.8 Å². The van der Waals surface area contributed by atoms with Crippen molar-refractivity contribution in [2.24, 2.45) is 0 Å². The number of ketones is 1. The molecule has 0 aliphatic heterocycles. The highest BCUT2D eigenvalue weighted by molar-refractivity contribution is 5.94. The van der Waals surface area contributed by atoms with E-state index in [0.29, 0.717) is 24.2 Å². The van der Waals surface area contributed by atoms with Crippen LogP contribution in [0.2, 0.25) is 0 Å². The summed E-state index contributed by atoms with van der Waals surface area (Å²) in [6.45, 7) is 1.51. The molecule has 1 aromatic carbocycles. The highest BCUT2D eigenvalue weighted by Crippen LogP contribution is 2.41. The summed E-state index contributed by atoms with van der Waals surface area (Å²) in [5.74, 6) is 0.247. The van der Waals surface area contributed by atoms with Crippen molar-refractivity contribution in [1.29, 1.82) is 0 Å². The molecule has 0 spiro atoms. The second-order valence-electron chi connectivity index (χ2n) is 4.17. The second kappa shape index (κ2) is 4.20. The van der Waals surface area contributed by atoms with E-state index in [-0.39, 0.29) is 11.8 Å². The zero-order chi connectivity index (χ0) is 12.5. The first kappa shape index (κ1) is 11.6. The number of esters is 1. The molecule has 0 heterocycles. The van der Waals surface area contributed by atoms with Gasteiger partial charge < -0.3 is 9.47 Å². The lowest BCUT2D eigenvalue weighted by Crippen LogP contribution is -2.30. The summed E-state index contributed by atoms with van der Waals surface area (Å²) in [6.07, 6.45) is 1.35. The first-order valence-electron chi connectivity index (χ1n) is 5.46. The van der Waals surface area contributed by atoms with Crippen molar-refractivity contribution in [1.82, 2.24) is 0 Å². The quantitative estimate of drug-likeness (QED) is 0.590. The van der Waals surface area contributed by atoms with Gasteiger partial charge in [-0.3, -0.25) is 4.79 Å². The highest BCUT2D eigenvalue weighted by Gasteiger charge is 2.54. The molecule has 0 unspecified atom stereocenters. The topological polar surface area (TPSA) is 52.6 Å². The molecule has 1 aromatic rings. The zero-order valence-electron chi connectivity index (χ0n) is 9.86. The summed E-state index contributed by atoms with van der Waals surface area (Å²) in [5, 5.41) is 0. The number of ether oxygens (including phenoxy) is 2. The molecule has 0 amide bonds. The van der Waals surface area contributed by atoms with Crippen molar-refractivity contribution in [2.75, 3.05) is 7.11 Å². The van der Waals surface area contributed by atoms with Crippen LogP contribution in [0.5, 0.6) is 5.75 Å². The van der Waals surface area contributed by atoms with E-state index < -0.39 is 5.60 Å². The summed E-state index contributed by atoms with van der Waals surface area (Å²) in [4.78, 5) is 22.6. The number of hydrogen-bond acceptors (Lipinski definition) is 4. The van der Waals surface area contributed by atoms with Gasteiger partial charge in [0, 0.05) is 18.4 Å². The first-order valence-corrected chi connectivity index (χ1v) is 5.46. The van der Waals surface area contributed by atoms with E-state index in [2.05, 4.69) is 0 Å². The molecule has 1 aliphatic carbocycles. The van der Waals surface area contributed by atoms with Gasteiger partial charge in [0.1, 0.15) is 5.75 Å². The Labute approximate surface area is 99.5 Å². The molecule has 90 valence electrons. The number of carbonyl (C=O) groups is 2. The van der Waals surface area contributed by atoms with Gasteiger partial charge in [-0.05, 0) is 31.2 Å². The van der Waals surface area contributed by atoms with Gasteiger partial charge in [-0.25, -0.2) is 4.79 Å². The molecule has 0 bridgehead atoms. The largest absolute Gasteiger partial charge is 0.476 e. The third-order valence-electron chi connectivity index (χ3n) is 2.84. The summed E-state index contributed by atoms with van der Waals surface area (Å²) in [5.41, 5.74) is -0.174. The average molecular weight is 234 g/mol. The molecule has 4 nitrogen and oxygen atoms in total. The number of benzene rings is 1. The minimum Gasteiger partial charge on any atom is -0.476 e. The molecule has 2 rings (SSSR count). The molecule has 1 fully saturated rings. The van der Waals surface area contributed by atoms with E-state index in [1.165, 1.54) is 14.0 Å². The average Bonchev–Trinajstić information content (AvgIpc) is 3.09. The molecule has 0 N–H and O–H groups in total. The lowest BCUT2D eigenvalue weighted by atomic mass is 10.1. The van der Waals surface area contributed by atoms with Crippen LogP contribution >= 0.6 is 0 Å². The van der Waals surface area contributed by atoms with Gasteiger partial charge in [-0.1, -0.05) is 0 Å². The van der Waals surface area contributed by atoms with Crippen LogP contribution in [0.25, 0.3) is 0 Å². The molecule has 0 atom stereocenters. The van der Waals surface area contributed by atoms with E-state index in [1.807, 2.05) is 0 Å². The Kier molecular flexibility index (Phi) is 2.88. The predicted molar refractivity (Wildman–Crippen MR) is 61.1 cm³/mol. The SMILES string of the molecule is COC(=O)C1(Oc2ccc(C(C)=O)cc2)CC1. The van der Waals surface area contributed by atoms with Gasteiger partial charge in [0.15, 0.2) is 5.78 Å². The standard InChI is InChI=1S/C13H14O4/c1-9(14)10-3-5-11(6-4-10)17-13(7-8-13)12(15)16-2/h3-6H,7-8H2,1-2H3. The molecule has 1 aliphatic rings. The third kappa shape index (κ3) is 2.30. The Balaban J connectivity index is 2.09. The maximum absolute atomic E-state index is 11.5. The van der Waals surface area contributed by atoms with Crippen LogP contribution < -0.4 is 4.74 Å². The Morgan fingerprint density at radius 1 is 1.18 bits per heavy atom. The Hall–Kier alpha value is -1.84. The van der Waals surface area contributed by atoms with Crippen molar-refractivity contribution in [2.45, 2.75) is 25.4 Å². The van der Waals surface area contributed by atoms with Crippen molar-refractivity contribution in [3.63, 3.8) is 0 Å². The Bertz CT molecular complexity index is 443. The third-order valence-corrected chi connectivity index (χ3v) is 2.84. The first-order chi connectivity index (χ1) is 8.07. The molecule has 0 aromatic heterocycles. The van der Waals surface area contributed by atoms with Gasteiger partial charge in [-0.2, -0.15) is 0 Å². The highest BCUT2D eigenvalue weighted by atomic mass is 16.6. The summed E-state index contributed by atoms with van der Waals surface area (Å²) in [6, 6.07) is 6.76. The van der Waals surface area contributed by atoms with Gasteiger partial charge >= 0.3 is 5.97 Å². The van der Waals surface area contributed by atoms with Crippen molar-refractivity contribution in [3.05, 3.63) is 29.8 Å². The molecular weight excluding hydrogens is 220 g/mol. The van der Waals surface area contributed by atoms with Crippen LogP contribution in [0.1, 0.15) is 30.1 Å². The molecule has 0 radical (unpaired) electrons. The monoisotopic (exact) mass is 234 g/mol. The second-order valence-corrected chi connectivity index (χ2v) is 4.17. The predicted octanol–water partition coefficient (Wildman–Crippen LogP) is 1.97. The Morgan fingerprint density at radius 3 is 2.18 bits per heavy atom. The number of hydrogen-bond donors (Lipinski definition) is 0. The smallest absolute Gasteiger partial charge is 0.350 e. The van der Waals surface area contributed by atoms with Crippen molar-refractivity contribution in [3.8, 4) is 5.75 Å². The number of rotatable bonds is 4. The minimum atomic E-state index is -0.799.